The van der Waals surface area contributed by atoms with Crippen LogP contribution >= 0.6 is 11.8 Å². The van der Waals surface area contributed by atoms with Crippen LogP contribution in [-0.4, -0.2) is 47.2 Å². The average Bonchev–Trinajstić information content (AvgIpc) is 2.95. The molecule has 6 heteroatoms. The Morgan fingerprint density at radius 3 is 2.19 bits per heavy atom. The van der Waals surface area contributed by atoms with Crippen molar-refractivity contribution in [3.63, 3.8) is 0 Å². The molecule has 0 aromatic heterocycles. The minimum atomic E-state index is -0.791. The number of nitrogens with zero attached hydrogens (tertiary/aromatic N) is 1. The summed E-state index contributed by atoms with van der Waals surface area (Å²) in [6.07, 6.45) is 3.07. The number of carbonyl (C=O) groups is 3. The Morgan fingerprint density at radius 1 is 1.00 bits per heavy atom. The van der Waals surface area contributed by atoms with Crippen molar-refractivity contribution in [3.8, 4) is 0 Å². The molecule has 0 saturated carbocycles. The molecule has 0 radical (unpaired) electrons. The Hall–Kier alpha value is -2.60. The molecule has 1 aliphatic heterocycles. The van der Waals surface area contributed by atoms with E-state index in [1.165, 1.54) is 0 Å². The molecule has 140 valence electrons. The maximum absolute atomic E-state index is 12.8. The highest BCUT2D eigenvalue weighted by atomic mass is 32.2. The van der Waals surface area contributed by atoms with Gasteiger partial charge in [0.1, 0.15) is 6.04 Å². The van der Waals surface area contributed by atoms with Gasteiger partial charge < -0.3 is 5.32 Å². The van der Waals surface area contributed by atoms with E-state index in [-0.39, 0.29) is 17.7 Å². The number of hydrogen-bond donors (Lipinski definition) is 1. The molecule has 1 heterocycles. The molecular weight excluding hydrogens is 360 g/mol. The molecule has 3 rings (SSSR count). The molecule has 1 atom stereocenters. The van der Waals surface area contributed by atoms with Gasteiger partial charge in [-0.05, 0) is 42.5 Å². The number of imide groups is 1. The standard InChI is InChI=1S/C21H22N2O3S/c1-27-14-12-18(19(24)22-13-11-15-7-3-2-4-8-15)23-20(25)16-9-5-6-10-17(16)21(23)26/h2-10,18H,11-14H2,1H3,(H,22,24)/t18-/m0/s1. The van der Waals surface area contributed by atoms with Gasteiger partial charge in [0.15, 0.2) is 0 Å². The highest BCUT2D eigenvalue weighted by Gasteiger charge is 2.42. The molecule has 3 amide bonds. The van der Waals surface area contributed by atoms with Gasteiger partial charge in [-0.15, -0.1) is 0 Å². The SMILES string of the molecule is CSCC[C@@H](C(=O)NCCc1ccccc1)N1C(=O)c2ccccc2C1=O. The summed E-state index contributed by atoms with van der Waals surface area (Å²) in [6.45, 7) is 0.460. The van der Waals surface area contributed by atoms with Crippen LogP contribution in [0.4, 0.5) is 0 Å². The first-order valence-electron chi connectivity index (χ1n) is 8.91. The van der Waals surface area contributed by atoms with Crippen molar-refractivity contribution < 1.29 is 14.4 Å². The monoisotopic (exact) mass is 382 g/mol. The Kier molecular flexibility index (Phi) is 6.29. The first-order chi connectivity index (χ1) is 13.1. The molecule has 2 aromatic rings. The van der Waals surface area contributed by atoms with Gasteiger partial charge in [0, 0.05) is 6.54 Å². The Bertz CT molecular complexity index is 803. The van der Waals surface area contributed by atoms with Crippen molar-refractivity contribution in [1.29, 1.82) is 0 Å². The van der Waals surface area contributed by atoms with Crippen LogP contribution in [0.1, 0.15) is 32.7 Å². The number of nitrogens with one attached hydrogen (secondary N) is 1. The van der Waals surface area contributed by atoms with Gasteiger partial charge in [0.05, 0.1) is 11.1 Å². The van der Waals surface area contributed by atoms with E-state index in [1.54, 1.807) is 36.0 Å². The predicted molar refractivity (Wildman–Crippen MR) is 107 cm³/mol. The second-order valence-corrected chi connectivity index (χ2v) is 7.34. The Labute approximate surface area is 163 Å². The van der Waals surface area contributed by atoms with Crippen LogP contribution in [-0.2, 0) is 11.2 Å². The smallest absolute Gasteiger partial charge is 0.262 e. The highest BCUT2D eigenvalue weighted by Crippen LogP contribution is 2.26. The molecule has 0 bridgehead atoms. The van der Waals surface area contributed by atoms with Gasteiger partial charge >= 0.3 is 0 Å². The van der Waals surface area contributed by atoms with Crippen LogP contribution in [0, 0.1) is 0 Å². The van der Waals surface area contributed by atoms with Crippen molar-refractivity contribution in [3.05, 3.63) is 71.3 Å². The molecule has 0 saturated heterocycles. The van der Waals surface area contributed by atoms with E-state index >= 15 is 0 Å². The van der Waals surface area contributed by atoms with Crippen LogP contribution < -0.4 is 5.32 Å². The summed E-state index contributed by atoms with van der Waals surface area (Å²) < 4.78 is 0. The van der Waals surface area contributed by atoms with E-state index in [0.29, 0.717) is 36.3 Å². The van der Waals surface area contributed by atoms with Gasteiger partial charge in [-0.3, -0.25) is 19.3 Å². The molecule has 0 fully saturated rings. The number of rotatable bonds is 8. The number of benzene rings is 2. The van der Waals surface area contributed by atoms with Gasteiger partial charge in [-0.1, -0.05) is 42.5 Å². The zero-order chi connectivity index (χ0) is 19.2. The summed E-state index contributed by atoms with van der Waals surface area (Å²) >= 11 is 1.58. The highest BCUT2D eigenvalue weighted by molar-refractivity contribution is 7.98. The minimum absolute atomic E-state index is 0.283. The second-order valence-electron chi connectivity index (χ2n) is 6.35. The third-order valence-electron chi connectivity index (χ3n) is 4.59. The fraction of sp³-hybridized carbons (Fsp3) is 0.286. The molecule has 0 spiro atoms. The van der Waals surface area contributed by atoms with Crippen LogP contribution in [0.3, 0.4) is 0 Å². The summed E-state index contributed by atoms with van der Waals surface area (Å²) in [5.41, 5.74) is 1.86. The van der Waals surface area contributed by atoms with Gasteiger partial charge in [0.25, 0.3) is 11.8 Å². The summed E-state index contributed by atoms with van der Waals surface area (Å²) in [5, 5.41) is 2.89. The van der Waals surface area contributed by atoms with Gasteiger partial charge in [-0.25, -0.2) is 0 Å². The number of amides is 3. The van der Waals surface area contributed by atoms with E-state index in [0.717, 1.165) is 10.5 Å². The maximum atomic E-state index is 12.8. The normalized spacial score (nSPS) is 14.2. The van der Waals surface area contributed by atoms with E-state index < -0.39 is 6.04 Å². The molecule has 0 aliphatic carbocycles. The topological polar surface area (TPSA) is 66.5 Å². The number of hydrogen-bond acceptors (Lipinski definition) is 4. The summed E-state index contributed by atoms with van der Waals surface area (Å²) in [6, 6.07) is 15.8. The maximum Gasteiger partial charge on any atom is 0.262 e. The van der Waals surface area contributed by atoms with E-state index in [4.69, 9.17) is 0 Å². The van der Waals surface area contributed by atoms with E-state index in [2.05, 4.69) is 5.32 Å². The summed E-state index contributed by atoms with van der Waals surface area (Å²) in [5.74, 6) is -0.376. The molecule has 27 heavy (non-hydrogen) atoms. The summed E-state index contributed by atoms with van der Waals surface area (Å²) in [7, 11) is 0. The predicted octanol–water partition coefficient (Wildman–Crippen LogP) is 2.76. The fourth-order valence-corrected chi connectivity index (χ4v) is 3.65. The van der Waals surface area contributed by atoms with E-state index in [9.17, 15) is 14.4 Å². The molecule has 1 aliphatic rings. The molecule has 5 nitrogen and oxygen atoms in total. The lowest BCUT2D eigenvalue weighted by Gasteiger charge is -2.25. The van der Waals surface area contributed by atoms with Crippen LogP contribution in [0.25, 0.3) is 0 Å². The zero-order valence-electron chi connectivity index (χ0n) is 15.2. The number of thioether (sulfide) groups is 1. The van der Waals surface area contributed by atoms with Crippen LogP contribution in [0.2, 0.25) is 0 Å². The quantitative estimate of drug-likeness (QED) is 0.713. The van der Waals surface area contributed by atoms with Gasteiger partial charge in [-0.2, -0.15) is 11.8 Å². The lowest BCUT2D eigenvalue weighted by Crippen LogP contribution is -2.50. The molecule has 0 unspecified atom stereocenters. The van der Waals surface area contributed by atoms with Crippen molar-refractivity contribution in [2.45, 2.75) is 18.9 Å². The van der Waals surface area contributed by atoms with Gasteiger partial charge in [0.2, 0.25) is 5.91 Å². The lowest BCUT2D eigenvalue weighted by molar-refractivity contribution is -0.125. The van der Waals surface area contributed by atoms with Crippen LogP contribution in [0.5, 0.6) is 0 Å². The average molecular weight is 382 g/mol. The number of fused-ring (bicyclic) bond motifs is 1. The van der Waals surface area contributed by atoms with Crippen molar-refractivity contribution in [2.75, 3.05) is 18.6 Å². The van der Waals surface area contributed by atoms with E-state index in [1.807, 2.05) is 36.6 Å². The molecule has 1 N–H and O–H groups in total. The third kappa shape index (κ3) is 4.22. The van der Waals surface area contributed by atoms with Crippen molar-refractivity contribution >= 4 is 29.5 Å². The molecular formula is C21H22N2O3S. The largest absolute Gasteiger partial charge is 0.354 e. The minimum Gasteiger partial charge on any atom is -0.354 e. The Morgan fingerprint density at radius 2 is 1.59 bits per heavy atom. The Balaban J connectivity index is 1.71. The molecule has 2 aromatic carbocycles. The number of carbonyl (C=O) groups excluding carboxylic acids is 3. The van der Waals surface area contributed by atoms with Crippen molar-refractivity contribution in [2.24, 2.45) is 0 Å². The third-order valence-corrected chi connectivity index (χ3v) is 5.23. The first-order valence-corrected chi connectivity index (χ1v) is 10.3. The second kappa shape index (κ2) is 8.86. The van der Waals surface area contributed by atoms with Crippen molar-refractivity contribution in [1.82, 2.24) is 10.2 Å². The lowest BCUT2D eigenvalue weighted by atomic mass is 10.1. The van der Waals surface area contributed by atoms with Crippen LogP contribution in [0.15, 0.2) is 54.6 Å². The fourth-order valence-electron chi connectivity index (χ4n) is 3.19. The summed E-state index contributed by atoms with van der Waals surface area (Å²) in [4.78, 5) is 39.4. The first kappa shape index (κ1) is 19.2. The zero-order valence-corrected chi connectivity index (χ0v) is 16.0.